The molecule has 8 nitrogen and oxygen atoms in total. The van der Waals surface area contributed by atoms with Gasteiger partial charge >= 0.3 is 0 Å². The topological polar surface area (TPSA) is 103 Å². The average molecular weight is 494 g/mol. The van der Waals surface area contributed by atoms with Gasteiger partial charge in [0.1, 0.15) is 16.9 Å². The fraction of sp³-hybridized carbons (Fsp3) is 0.423. The van der Waals surface area contributed by atoms with E-state index in [-0.39, 0.29) is 23.8 Å². The van der Waals surface area contributed by atoms with E-state index in [1.165, 1.54) is 11.3 Å². The molecule has 2 atom stereocenters. The van der Waals surface area contributed by atoms with Gasteiger partial charge in [-0.25, -0.2) is 0 Å². The molecule has 3 aliphatic rings. The van der Waals surface area contributed by atoms with Crippen molar-refractivity contribution in [3.63, 3.8) is 0 Å². The predicted octanol–water partition coefficient (Wildman–Crippen LogP) is 4.38. The van der Waals surface area contributed by atoms with E-state index in [4.69, 9.17) is 14.0 Å². The monoisotopic (exact) mass is 493 g/mol. The molecule has 0 saturated carbocycles. The van der Waals surface area contributed by atoms with Gasteiger partial charge in [-0.1, -0.05) is 5.16 Å². The standard InChI is InChI=1S/C26H27N3O5S/c1-14-10-16-11-15(7-8-20(16)33-14)21-12-19(29-34-21)24(30)28-26-23(18-5-2-6-22(18)35-26)25(31)27-13-17-4-3-9-32-17/h7-8,11-12,14,17H,2-6,9-10,13H2,1H3,(H,27,31)(H,28,30)/t14-,17-/m1/s1. The van der Waals surface area contributed by atoms with Gasteiger partial charge in [-0.15, -0.1) is 11.3 Å². The molecule has 182 valence electrons. The molecule has 0 bridgehead atoms. The van der Waals surface area contributed by atoms with Crippen LogP contribution >= 0.6 is 11.3 Å². The summed E-state index contributed by atoms with van der Waals surface area (Å²) in [6.07, 6.45) is 5.83. The third kappa shape index (κ3) is 4.34. The first-order valence-corrected chi connectivity index (χ1v) is 13.0. The van der Waals surface area contributed by atoms with Crippen LogP contribution in [0, 0.1) is 0 Å². The Morgan fingerprint density at radius 1 is 1.17 bits per heavy atom. The summed E-state index contributed by atoms with van der Waals surface area (Å²) in [4.78, 5) is 27.3. The van der Waals surface area contributed by atoms with Crippen LogP contribution in [0.2, 0.25) is 0 Å². The van der Waals surface area contributed by atoms with Gasteiger partial charge in [0.2, 0.25) is 0 Å². The minimum atomic E-state index is -0.397. The number of carbonyl (C=O) groups is 2. The zero-order valence-corrected chi connectivity index (χ0v) is 20.3. The summed E-state index contributed by atoms with van der Waals surface area (Å²) in [6.45, 7) is 3.26. The quantitative estimate of drug-likeness (QED) is 0.529. The molecule has 2 N–H and O–H groups in total. The fourth-order valence-electron chi connectivity index (χ4n) is 5.09. The first-order valence-electron chi connectivity index (χ1n) is 12.2. The lowest BCUT2D eigenvalue weighted by atomic mass is 10.1. The number of hydrogen-bond donors (Lipinski definition) is 2. The Morgan fingerprint density at radius 3 is 2.94 bits per heavy atom. The number of aromatic nitrogens is 1. The zero-order valence-electron chi connectivity index (χ0n) is 19.5. The molecule has 2 aliphatic heterocycles. The molecule has 1 aromatic carbocycles. The highest BCUT2D eigenvalue weighted by atomic mass is 32.1. The number of rotatable bonds is 6. The van der Waals surface area contributed by atoms with Gasteiger partial charge in [0.25, 0.3) is 11.8 Å². The van der Waals surface area contributed by atoms with E-state index in [1.807, 2.05) is 25.1 Å². The number of amides is 2. The maximum absolute atomic E-state index is 13.1. The van der Waals surface area contributed by atoms with E-state index in [1.54, 1.807) is 6.07 Å². The van der Waals surface area contributed by atoms with E-state index in [2.05, 4.69) is 15.8 Å². The molecule has 3 aromatic rings. The number of thiophene rings is 1. The van der Waals surface area contributed by atoms with Crippen molar-refractivity contribution in [1.82, 2.24) is 10.5 Å². The Kier molecular flexibility index (Phi) is 5.82. The van der Waals surface area contributed by atoms with Gasteiger partial charge in [-0.2, -0.15) is 0 Å². The fourth-order valence-corrected chi connectivity index (χ4v) is 6.38. The average Bonchev–Trinajstić information content (AvgIpc) is 3.65. The Hall–Kier alpha value is -3.17. The highest BCUT2D eigenvalue weighted by Crippen LogP contribution is 2.39. The lowest BCUT2D eigenvalue weighted by Gasteiger charge is -2.12. The molecule has 35 heavy (non-hydrogen) atoms. The summed E-state index contributed by atoms with van der Waals surface area (Å²) >= 11 is 1.48. The summed E-state index contributed by atoms with van der Waals surface area (Å²) in [5.41, 5.74) is 3.75. The van der Waals surface area contributed by atoms with Crippen molar-refractivity contribution in [3.8, 4) is 17.1 Å². The minimum Gasteiger partial charge on any atom is -0.490 e. The van der Waals surface area contributed by atoms with Crippen molar-refractivity contribution in [2.75, 3.05) is 18.5 Å². The van der Waals surface area contributed by atoms with Crippen LogP contribution in [-0.2, 0) is 24.0 Å². The molecule has 1 saturated heterocycles. The number of fused-ring (bicyclic) bond motifs is 2. The summed E-state index contributed by atoms with van der Waals surface area (Å²) < 4.78 is 16.9. The largest absolute Gasteiger partial charge is 0.490 e. The first-order chi connectivity index (χ1) is 17.0. The number of anilines is 1. The second-order valence-electron chi connectivity index (χ2n) is 9.39. The molecule has 0 unspecified atom stereocenters. The second-order valence-corrected chi connectivity index (χ2v) is 10.5. The molecular formula is C26H27N3O5S. The van der Waals surface area contributed by atoms with Gasteiger partial charge in [0, 0.05) is 36.1 Å². The Bertz CT molecular complexity index is 1290. The molecule has 2 amide bonds. The summed E-state index contributed by atoms with van der Waals surface area (Å²) in [7, 11) is 0. The van der Waals surface area contributed by atoms with Crippen molar-refractivity contribution >= 4 is 28.2 Å². The van der Waals surface area contributed by atoms with Crippen molar-refractivity contribution in [3.05, 3.63) is 51.5 Å². The SMILES string of the molecule is C[C@@H]1Cc2cc(-c3cc(C(=O)Nc4sc5c(c4C(=O)NC[C@H]4CCCO4)CCC5)no3)ccc2O1. The number of nitrogens with one attached hydrogen (secondary N) is 2. The minimum absolute atomic E-state index is 0.0613. The van der Waals surface area contributed by atoms with E-state index in [0.717, 1.165) is 72.4 Å². The number of aryl methyl sites for hydroxylation is 1. The molecule has 1 aliphatic carbocycles. The van der Waals surface area contributed by atoms with Crippen LogP contribution in [0.25, 0.3) is 11.3 Å². The molecule has 4 heterocycles. The van der Waals surface area contributed by atoms with E-state index in [0.29, 0.717) is 22.9 Å². The van der Waals surface area contributed by atoms with Crippen LogP contribution in [0.3, 0.4) is 0 Å². The second kappa shape index (κ2) is 9.13. The van der Waals surface area contributed by atoms with Crippen LogP contribution < -0.4 is 15.4 Å². The molecule has 2 aromatic heterocycles. The molecule has 1 fully saturated rings. The molecule has 6 rings (SSSR count). The first kappa shape index (κ1) is 22.3. The number of ether oxygens (including phenoxy) is 2. The van der Waals surface area contributed by atoms with Gasteiger partial charge in [-0.3, -0.25) is 9.59 Å². The van der Waals surface area contributed by atoms with Crippen molar-refractivity contribution in [2.24, 2.45) is 0 Å². The summed E-state index contributed by atoms with van der Waals surface area (Å²) in [5.74, 6) is 0.840. The van der Waals surface area contributed by atoms with Crippen molar-refractivity contribution in [2.45, 2.75) is 57.7 Å². The number of carbonyl (C=O) groups excluding carboxylic acids is 2. The molecule has 9 heteroatoms. The van der Waals surface area contributed by atoms with Gasteiger partial charge in [0.05, 0.1) is 11.7 Å². The van der Waals surface area contributed by atoms with Crippen molar-refractivity contribution < 1.29 is 23.6 Å². The third-order valence-corrected chi connectivity index (χ3v) is 8.02. The molecule has 0 spiro atoms. The van der Waals surface area contributed by atoms with E-state index in [9.17, 15) is 9.59 Å². The predicted molar refractivity (Wildman–Crippen MR) is 131 cm³/mol. The third-order valence-electron chi connectivity index (χ3n) is 6.81. The maximum atomic E-state index is 13.1. The maximum Gasteiger partial charge on any atom is 0.278 e. The highest BCUT2D eigenvalue weighted by Gasteiger charge is 2.29. The van der Waals surface area contributed by atoms with E-state index >= 15 is 0 Å². The molecule has 0 radical (unpaired) electrons. The van der Waals surface area contributed by atoms with Crippen LogP contribution in [0.1, 0.15) is 63.0 Å². The lowest BCUT2D eigenvalue weighted by Crippen LogP contribution is -2.32. The number of benzene rings is 1. The molecular weight excluding hydrogens is 466 g/mol. The smallest absolute Gasteiger partial charge is 0.278 e. The number of nitrogens with zero attached hydrogens (tertiary/aromatic N) is 1. The van der Waals surface area contributed by atoms with Crippen LogP contribution in [0.5, 0.6) is 5.75 Å². The number of hydrogen-bond acceptors (Lipinski definition) is 7. The Balaban J connectivity index is 1.19. The summed E-state index contributed by atoms with van der Waals surface area (Å²) in [6, 6.07) is 7.47. The van der Waals surface area contributed by atoms with Gasteiger partial charge < -0.3 is 24.6 Å². The summed E-state index contributed by atoms with van der Waals surface area (Å²) in [5, 5.41) is 10.5. The van der Waals surface area contributed by atoms with Crippen LogP contribution in [0.4, 0.5) is 5.00 Å². The van der Waals surface area contributed by atoms with Crippen LogP contribution in [0.15, 0.2) is 28.8 Å². The Labute approximate surface area is 207 Å². The zero-order chi connectivity index (χ0) is 23.9. The van der Waals surface area contributed by atoms with Gasteiger partial charge in [0.15, 0.2) is 11.5 Å². The normalized spacial score (nSPS) is 20.4. The Morgan fingerprint density at radius 2 is 2.09 bits per heavy atom. The van der Waals surface area contributed by atoms with E-state index < -0.39 is 5.91 Å². The van der Waals surface area contributed by atoms with Gasteiger partial charge in [-0.05, 0) is 68.4 Å². The van der Waals surface area contributed by atoms with Crippen LogP contribution in [-0.4, -0.2) is 42.3 Å². The lowest BCUT2D eigenvalue weighted by molar-refractivity contribution is 0.0858. The highest BCUT2D eigenvalue weighted by molar-refractivity contribution is 7.17. The van der Waals surface area contributed by atoms with Crippen molar-refractivity contribution in [1.29, 1.82) is 0 Å².